The van der Waals surface area contributed by atoms with Gasteiger partial charge in [0.1, 0.15) is 18.7 Å². The Balaban J connectivity index is 1.64. The summed E-state index contributed by atoms with van der Waals surface area (Å²) in [5.74, 6) is -0.641. The summed E-state index contributed by atoms with van der Waals surface area (Å²) in [5.41, 5.74) is 7.06. The second kappa shape index (κ2) is 10.1. The van der Waals surface area contributed by atoms with Crippen molar-refractivity contribution in [3.8, 4) is 0 Å². The summed E-state index contributed by atoms with van der Waals surface area (Å²) < 4.78 is 5.48. The van der Waals surface area contributed by atoms with E-state index in [1.807, 2.05) is 44.2 Å². The molecule has 2 saturated heterocycles. The van der Waals surface area contributed by atoms with Crippen LogP contribution in [0.1, 0.15) is 51.5 Å². The highest BCUT2D eigenvalue weighted by atomic mass is 16.5. The molecule has 7 nitrogen and oxygen atoms in total. The monoisotopic (exact) mass is 415 g/mol. The van der Waals surface area contributed by atoms with E-state index in [0.717, 1.165) is 24.8 Å². The smallest absolute Gasteiger partial charge is 0.329 e. The fraction of sp³-hybridized carbons (Fsp3) is 0.609. The van der Waals surface area contributed by atoms with Crippen LogP contribution in [0.2, 0.25) is 0 Å². The molecule has 2 amide bonds. The fourth-order valence-electron chi connectivity index (χ4n) is 4.27. The van der Waals surface area contributed by atoms with E-state index in [4.69, 9.17) is 10.5 Å². The zero-order chi connectivity index (χ0) is 21.7. The zero-order valence-corrected chi connectivity index (χ0v) is 18.0. The molecule has 1 aromatic carbocycles. The van der Waals surface area contributed by atoms with E-state index >= 15 is 0 Å². The van der Waals surface area contributed by atoms with Crippen molar-refractivity contribution in [1.82, 2.24) is 9.80 Å². The van der Waals surface area contributed by atoms with Crippen LogP contribution >= 0.6 is 0 Å². The second-order valence-corrected chi connectivity index (χ2v) is 8.38. The summed E-state index contributed by atoms with van der Waals surface area (Å²) in [6.07, 6.45) is 3.53. The molecule has 3 rings (SSSR count). The molecule has 1 aromatic rings. The lowest BCUT2D eigenvalue weighted by Gasteiger charge is -2.32. The Morgan fingerprint density at radius 2 is 1.70 bits per heavy atom. The van der Waals surface area contributed by atoms with Gasteiger partial charge in [0.05, 0.1) is 6.04 Å². The molecule has 1 unspecified atom stereocenters. The first-order valence-corrected chi connectivity index (χ1v) is 11.0. The summed E-state index contributed by atoms with van der Waals surface area (Å²) in [4.78, 5) is 42.1. The van der Waals surface area contributed by atoms with Gasteiger partial charge in [-0.25, -0.2) is 4.79 Å². The van der Waals surface area contributed by atoms with Crippen molar-refractivity contribution in [3.05, 3.63) is 35.9 Å². The lowest BCUT2D eigenvalue weighted by Crippen LogP contribution is -2.55. The number of rotatable bonds is 7. The Kier molecular flexibility index (Phi) is 7.48. The molecular formula is C23H33N3O4. The largest absolute Gasteiger partial charge is 0.459 e. The molecule has 0 spiro atoms. The third-order valence-electron chi connectivity index (χ3n) is 6.39. The predicted octanol–water partition coefficient (Wildman–Crippen LogP) is 2.09. The van der Waals surface area contributed by atoms with Crippen LogP contribution in [0.3, 0.4) is 0 Å². The van der Waals surface area contributed by atoms with Gasteiger partial charge in [0.15, 0.2) is 0 Å². The highest BCUT2D eigenvalue weighted by molar-refractivity contribution is 5.93. The first-order valence-electron chi connectivity index (χ1n) is 11.0. The molecule has 2 heterocycles. The fourth-order valence-corrected chi connectivity index (χ4v) is 4.27. The first-order chi connectivity index (χ1) is 14.4. The van der Waals surface area contributed by atoms with E-state index in [-0.39, 0.29) is 30.3 Å². The summed E-state index contributed by atoms with van der Waals surface area (Å²) in [6, 6.07) is 7.77. The molecule has 0 bridgehead atoms. The van der Waals surface area contributed by atoms with Crippen LogP contribution in [-0.4, -0.2) is 58.8 Å². The van der Waals surface area contributed by atoms with E-state index in [1.54, 1.807) is 9.80 Å². The molecule has 164 valence electrons. The van der Waals surface area contributed by atoms with Crippen molar-refractivity contribution in [3.63, 3.8) is 0 Å². The molecule has 2 aliphatic heterocycles. The van der Waals surface area contributed by atoms with Crippen molar-refractivity contribution < 1.29 is 19.1 Å². The van der Waals surface area contributed by atoms with Crippen molar-refractivity contribution >= 4 is 17.8 Å². The SMILES string of the molecule is CCC(C)[C@H](N)C(=O)N1CCC[C@H]1C(=O)N1CCC[C@H]1C(=O)OCc1ccccc1. The lowest BCUT2D eigenvalue weighted by molar-refractivity contribution is -0.156. The number of carbonyl (C=O) groups is 3. The topological polar surface area (TPSA) is 92.9 Å². The van der Waals surface area contributed by atoms with Crippen molar-refractivity contribution in [1.29, 1.82) is 0 Å². The molecular weight excluding hydrogens is 382 g/mol. The number of amides is 2. The number of carbonyl (C=O) groups excluding carboxylic acids is 3. The number of hydrogen-bond donors (Lipinski definition) is 1. The lowest BCUT2D eigenvalue weighted by atomic mass is 9.98. The minimum Gasteiger partial charge on any atom is -0.459 e. The summed E-state index contributed by atoms with van der Waals surface area (Å²) in [7, 11) is 0. The molecule has 0 radical (unpaired) electrons. The van der Waals surface area contributed by atoms with Crippen LogP contribution in [0.5, 0.6) is 0 Å². The number of ether oxygens (including phenoxy) is 1. The van der Waals surface area contributed by atoms with Crippen molar-refractivity contribution in [2.24, 2.45) is 11.7 Å². The number of nitrogens with two attached hydrogens (primary N) is 1. The van der Waals surface area contributed by atoms with Gasteiger partial charge >= 0.3 is 5.97 Å². The molecule has 30 heavy (non-hydrogen) atoms. The standard InChI is InChI=1S/C23H33N3O4/c1-3-16(2)20(24)22(28)25-13-7-11-18(25)21(27)26-14-8-12-19(26)23(29)30-15-17-9-5-4-6-10-17/h4-6,9-10,16,18-20H,3,7-8,11-15,24H2,1-2H3/t16?,18-,19-,20-/m0/s1. The highest BCUT2D eigenvalue weighted by Gasteiger charge is 2.43. The number of hydrogen-bond acceptors (Lipinski definition) is 5. The normalized spacial score (nSPS) is 23.3. The quantitative estimate of drug-likeness (QED) is 0.689. The third-order valence-corrected chi connectivity index (χ3v) is 6.39. The van der Waals surface area contributed by atoms with Gasteiger partial charge in [-0.15, -0.1) is 0 Å². The van der Waals surface area contributed by atoms with Crippen LogP contribution in [0.4, 0.5) is 0 Å². The van der Waals surface area contributed by atoms with Gasteiger partial charge in [0.2, 0.25) is 11.8 Å². The molecule has 0 aliphatic carbocycles. The molecule has 2 fully saturated rings. The second-order valence-electron chi connectivity index (χ2n) is 8.38. The van der Waals surface area contributed by atoms with Crippen LogP contribution in [0, 0.1) is 5.92 Å². The molecule has 2 aliphatic rings. The average molecular weight is 416 g/mol. The maximum absolute atomic E-state index is 13.3. The average Bonchev–Trinajstić information content (AvgIpc) is 3.46. The van der Waals surface area contributed by atoms with Crippen molar-refractivity contribution in [2.45, 2.75) is 70.7 Å². The van der Waals surface area contributed by atoms with Gasteiger partial charge in [0.25, 0.3) is 0 Å². The molecule has 7 heteroatoms. The number of nitrogens with zero attached hydrogens (tertiary/aromatic N) is 2. The summed E-state index contributed by atoms with van der Waals surface area (Å²) >= 11 is 0. The summed E-state index contributed by atoms with van der Waals surface area (Å²) in [6.45, 7) is 5.20. The van der Waals surface area contributed by atoms with E-state index in [0.29, 0.717) is 25.9 Å². The Morgan fingerprint density at radius 3 is 2.37 bits per heavy atom. The van der Waals surface area contributed by atoms with E-state index in [9.17, 15) is 14.4 Å². The Bertz CT molecular complexity index is 754. The van der Waals surface area contributed by atoms with Crippen LogP contribution < -0.4 is 5.73 Å². The number of esters is 1. The van der Waals surface area contributed by atoms with Gasteiger partial charge in [-0.2, -0.15) is 0 Å². The van der Waals surface area contributed by atoms with Crippen LogP contribution in [0.15, 0.2) is 30.3 Å². The van der Waals surface area contributed by atoms with Gasteiger partial charge in [-0.1, -0.05) is 50.6 Å². The van der Waals surface area contributed by atoms with E-state index < -0.39 is 18.1 Å². The Labute approximate surface area is 178 Å². The first kappa shape index (κ1) is 22.3. The van der Waals surface area contributed by atoms with Gasteiger partial charge in [-0.05, 0) is 37.2 Å². The van der Waals surface area contributed by atoms with Gasteiger partial charge in [-0.3, -0.25) is 9.59 Å². The highest BCUT2D eigenvalue weighted by Crippen LogP contribution is 2.27. The minimum atomic E-state index is -0.603. The molecule has 4 atom stereocenters. The van der Waals surface area contributed by atoms with Gasteiger partial charge < -0.3 is 20.3 Å². The molecule has 2 N–H and O–H groups in total. The zero-order valence-electron chi connectivity index (χ0n) is 18.0. The Morgan fingerprint density at radius 1 is 1.07 bits per heavy atom. The van der Waals surface area contributed by atoms with Gasteiger partial charge in [0, 0.05) is 13.1 Å². The number of benzene rings is 1. The maximum atomic E-state index is 13.3. The van der Waals surface area contributed by atoms with E-state index in [1.165, 1.54) is 0 Å². The van der Waals surface area contributed by atoms with Crippen LogP contribution in [-0.2, 0) is 25.7 Å². The number of likely N-dealkylation sites (tertiary alicyclic amines) is 2. The molecule has 0 saturated carbocycles. The van der Waals surface area contributed by atoms with Crippen molar-refractivity contribution in [2.75, 3.05) is 13.1 Å². The van der Waals surface area contributed by atoms with Crippen LogP contribution in [0.25, 0.3) is 0 Å². The molecule has 0 aromatic heterocycles. The third kappa shape index (κ3) is 4.83. The Hall–Kier alpha value is -2.41. The minimum absolute atomic E-state index is 0.0568. The maximum Gasteiger partial charge on any atom is 0.329 e. The van der Waals surface area contributed by atoms with E-state index in [2.05, 4.69) is 0 Å². The predicted molar refractivity (Wildman–Crippen MR) is 113 cm³/mol. The summed E-state index contributed by atoms with van der Waals surface area (Å²) in [5, 5.41) is 0.